The molecule has 2 aromatic carbocycles. The number of hydrogen-bond donors (Lipinski definition) is 1. The first-order chi connectivity index (χ1) is 14.6. The molecule has 0 saturated heterocycles. The molecule has 0 atom stereocenters. The van der Waals surface area contributed by atoms with E-state index >= 15 is 0 Å². The highest BCUT2D eigenvalue weighted by molar-refractivity contribution is 7.71. The second-order valence-electron chi connectivity index (χ2n) is 5.83. The standard InChI is InChI=1S/C18H11Cl2F3N4O3S/c1-29-14-6-9(8-24-27-16(18(21,22)23)25-26-17(27)31)2-5-13(14)30-15(28)11-4-3-10(19)7-12(11)20/h2-8H,1H3,(H,26,31). The number of aromatic amines is 1. The van der Waals surface area contributed by atoms with Gasteiger partial charge in [-0.3, -0.25) is 0 Å². The number of nitrogens with zero attached hydrogens (tertiary/aromatic N) is 3. The van der Waals surface area contributed by atoms with Gasteiger partial charge in [0.15, 0.2) is 11.5 Å². The van der Waals surface area contributed by atoms with Crippen LogP contribution in [0.2, 0.25) is 10.0 Å². The summed E-state index contributed by atoms with van der Waals surface area (Å²) in [5, 5.41) is 9.35. The third kappa shape index (κ3) is 5.24. The van der Waals surface area contributed by atoms with Gasteiger partial charge in [0.2, 0.25) is 4.77 Å². The van der Waals surface area contributed by atoms with E-state index in [1.165, 1.54) is 43.5 Å². The molecule has 0 amide bonds. The number of halogens is 5. The summed E-state index contributed by atoms with van der Waals surface area (Å²) in [6.07, 6.45) is -3.63. The second kappa shape index (κ2) is 9.08. The van der Waals surface area contributed by atoms with E-state index in [2.05, 4.69) is 10.2 Å². The van der Waals surface area contributed by atoms with Gasteiger partial charge in [-0.25, -0.2) is 9.89 Å². The van der Waals surface area contributed by atoms with Crippen LogP contribution in [0.5, 0.6) is 11.5 Å². The maximum absolute atomic E-state index is 13.0. The zero-order chi connectivity index (χ0) is 22.8. The molecule has 1 heterocycles. The number of alkyl halides is 3. The van der Waals surface area contributed by atoms with E-state index in [-0.39, 0.29) is 26.9 Å². The van der Waals surface area contributed by atoms with Gasteiger partial charge >= 0.3 is 12.1 Å². The highest BCUT2D eigenvalue weighted by atomic mass is 35.5. The van der Waals surface area contributed by atoms with E-state index in [1.54, 1.807) is 0 Å². The first-order valence-electron chi connectivity index (χ1n) is 8.24. The van der Waals surface area contributed by atoms with E-state index in [4.69, 9.17) is 44.9 Å². The number of hydrogen-bond acceptors (Lipinski definition) is 6. The Bertz CT molecular complexity index is 1220. The zero-order valence-corrected chi connectivity index (χ0v) is 17.7. The minimum absolute atomic E-state index is 0.0616. The van der Waals surface area contributed by atoms with Crippen LogP contribution in [0, 0.1) is 4.77 Å². The fraction of sp³-hybridized carbons (Fsp3) is 0.111. The molecule has 162 valence electrons. The third-order valence-electron chi connectivity index (χ3n) is 3.77. The van der Waals surface area contributed by atoms with Gasteiger partial charge in [-0.2, -0.15) is 22.9 Å². The Kier molecular flexibility index (Phi) is 6.68. The fourth-order valence-corrected chi connectivity index (χ4v) is 3.03. The molecule has 0 fully saturated rings. The van der Waals surface area contributed by atoms with E-state index in [1.807, 2.05) is 5.10 Å². The van der Waals surface area contributed by atoms with Gasteiger partial charge in [0, 0.05) is 5.02 Å². The minimum atomic E-state index is -4.75. The number of carbonyl (C=O) groups is 1. The van der Waals surface area contributed by atoms with Crippen LogP contribution in [0.25, 0.3) is 0 Å². The molecule has 0 aliphatic carbocycles. The van der Waals surface area contributed by atoms with Crippen LogP contribution in [0.15, 0.2) is 41.5 Å². The van der Waals surface area contributed by atoms with Crippen molar-refractivity contribution in [3.05, 3.63) is 68.2 Å². The number of aromatic nitrogens is 3. The van der Waals surface area contributed by atoms with Gasteiger partial charge in [0.1, 0.15) is 0 Å². The molecular formula is C18H11Cl2F3N4O3S. The number of ether oxygens (including phenoxy) is 2. The number of carbonyl (C=O) groups excluding carboxylic acids is 1. The Hall–Kier alpha value is -2.89. The molecule has 3 rings (SSSR count). The lowest BCUT2D eigenvalue weighted by molar-refractivity contribution is -0.147. The number of H-pyrrole nitrogens is 1. The smallest absolute Gasteiger partial charge is 0.453 e. The van der Waals surface area contributed by atoms with Crippen LogP contribution in [0.1, 0.15) is 21.7 Å². The molecule has 0 unspecified atom stereocenters. The molecule has 0 spiro atoms. The van der Waals surface area contributed by atoms with Crippen molar-refractivity contribution in [1.82, 2.24) is 14.9 Å². The lowest BCUT2D eigenvalue weighted by atomic mass is 10.2. The number of rotatable bonds is 5. The Morgan fingerprint density at radius 2 is 1.97 bits per heavy atom. The lowest BCUT2D eigenvalue weighted by Crippen LogP contribution is -2.12. The summed E-state index contributed by atoms with van der Waals surface area (Å²) in [7, 11) is 1.33. The summed E-state index contributed by atoms with van der Waals surface area (Å²) in [5.74, 6) is -1.85. The summed E-state index contributed by atoms with van der Waals surface area (Å²) >= 11 is 16.6. The summed E-state index contributed by atoms with van der Waals surface area (Å²) in [4.78, 5) is 12.4. The van der Waals surface area contributed by atoms with Crippen molar-refractivity contribution in [2.24, 2.45) is 5.10 Å². The summed E-state index contributed by atoms with van der Waals surface area (Å²) in [6, 6.07) is 8.54. The molecule has 7 nitrogen and oxygen atoms in total. The van der Waals surface area contributed by atoms with E-state index < -0.39 is 18.0 Å². The minimum Gasteiger partial charge on any atom is -0.493 e. The molecular weight excluding hydrogens is 480 g/mol. The van der Waals surface area contributed by atoms with Crippen molar-refractivity contribution in [3.8, 4) is 11.5 Å². The maximum Gasteiger partial charge on any atom is 0.453 e. The molecule has 1 aromatic heterocycles. The highest BCUT2D eigenvalue weighted by Gasteiger charge is 2.37. The second-order valence-corrected chi connectivity index (χ2v) is 7.06. The average Bonchev–Trinajstić information content (AvgIpc) is 3.07. The molecule has 0 radical (unpaired) electrons. The highest BCUT2D eigenvalue weighted by Crippen LogP contribution is 2.30. The summed E-state index contributed by atoms with van der Waals surface area (Å²) in [5.41, 5.74) is 0.435. The van der Waals surface area contributed by atoms with Crippen molar-refractivity contribution >= 4 is 47.6 Å². The van der Waals surface area contributed by atoms with Crippen molar-refractivity contribution in [1.29, 1.82) is 0 Å². The largest absolute Gasteiger partial charge is 0.493 e. The molecule has 13 heteroatoms. The third-order valence-corrected chi connectivity index (χ3v) is 4.58. The Morgan fingerprint density at radius 3 is 2.61 bits per heavy atom. The van der Waals surface area contributed by atoms with Gasteiger partial charge in [0.25, 0.3) is 5.82 Å². The van der Waals surface area contributed by atoms with Crippen LogP contribution < -0.4 is 9.47 Å². The van der Waals surface area contributed by atoms with Gasteiger partial charge in [-0.05, 0) is 54.2 Å². The molecule has 0 saturated carbocycles. The molecule has 0 bridgehead atoms. The number of nitrogens with one attached hydrogen (secondary N) is 1. The quantitative estimate of drug-likeness (QED) is 0.225. The molecule has 1 N–H and O–H groups in total. The summed E-state index contributed by atoms with van der Waals surface area (Å²) in [6.45, 7) is 0. The van der Waals surface area contributed by atoms with Crippen molar-refractivity contribution in [3.63, 3.8) is 0 Å². The summed E-state index contributed by atoms with van der Waals surface area (Å²) < 4.78 is 49.5. The van der Waals surface area contributed by atoms with E-state index in [0.717, 1.165) is 6.21 Å². The normalized spacial score (nSPS) is 11.7. The predicted octanol–water partition coefficient (Wildman–Crippen LogP) is 5.38. The van der Waals surface area contributed by atoms with Crippen molar-refractivity contribution in [2.45, 2.75) is 6.18 Å². The number of methoxy groups -OCH3 is 1. The zero-order valence-electron chi connectivity index (χ0n) is 15.4. The van der Waals surface area contributed by atoms with Crippen LogP contribution in [-0.4, -0.2) is 34.2 Å². The molecule has 0 aliphatic heterocycles. The van der Waals surface area contributed by atoms with Crippen molar-refractivity contribution in [2.75, 3.05) is 7.11 Å². The average molecular weight is 491 g/mol. The Labute approximate surface area is 188 Å². The van der Waals surface area contributed by atoms with Crippen LogP contribution in [-0.2, 0) is 6.18 Å². The Balaban J connectivity index is 1.86. The SMILES string of the molecule is COc1cc(C=Nn2c(C(F)(F)F)n[nH]c2=S)ccc1OC(=O)c1ccc(Cl)cc1Cl. The fourth-order valence-electron chi connectivity index (χ4n) is 2.37. The van der Waals surface area contributed by atoms with Gasteiger partial charge < -0.3 is 9.47 Å². The van der Waals surface area contributed by atoms with Crippen LogP contribution >= 0.6 is 35.4 Å². The predicted molar refractivity (Wildman–Crippen MR) is 110 cm³/mol. The van der Waals surface area contributed by atoms with Crippen LogP contribution in [0.4, 0.5) is 13.2 Å². The topological polar surface area (TPSA) is 81.5 Å². The lowest BCUT2D eigenvalue weighted by Gasteiger charge is -2.11. The van der Waals surface area contributed by atoms with Gasteiger partial charge in [0.05, 0.1) is 23.9 Å². The van der Waals surface area contributed by atoms with E-state index in [9.17, 15) is 18.0 Å². The first-order valence-corrected chi connectivity index (χ1v) is 9.41. The van der Waals surface area contributed by atoms with Gasteiger partial charge in [-0.1, -0.05) is 23.2 Å². The monoisotopic (exact) mass is 490 g/mol. The van der Waals surface area contributed by atoms with Crippen molar-refractivity contribution < 1.29 is 27.4 Å². The number of benzene rings is 2. The van der Waals surface area contributed by atoms with Gasteiger partial charge in [-0.15, -0.1) is 5.10 Å². The maximum atomic E-state index is 13.0. The Morgan fingerprint density at radius 1 is 1.23 bits per heavy atom. The molecule has 31 heavy (non-hydrogen) atoms. The molecule has 0 aliphatic rings. The molecule has 3 aromatic rings. The number of esters is 1. The van der Waals surface area contributed by atoms with E-state index in [0.29, 0.717) is 15.3 Å². The van der Waals surface area contributed by atoms with Crippen LogP contribution in [0.3, 0.4) is 0 Å². The first kappa shape index (κ1) is 22.8.